The Balaban J connectivity index is 1.58. The normalized spacial score (nSPS) is 15.1. The number of carbonyl (C=O) groups is 1. The molecule has 0 radical (unpaired) electrons. The van der Waals surface area contributed by atoms with Crippen molar-refractivity contribution in [3.63, 3.8) is 0 Å². The van der Waals surface area contributed by atoms with Gasteiger partial charge in [-0.2, -0.15) is 9.57 Å². The highest BCUT2D eigenvalue weighted by atomic mass is 32.2. The Morgan fingerprint density at radius 2 is 2.00 bits per heavy atom. The third-order valence-corrected chi connectivity index (χ3v) is 7.37. The summed E-state index contributed by atoms with van der Waals surface area (Å²) in [6.45, 7) is 5.20. The highest BCUT2D eigenvalue weighted by Crippen LogP contribution is 2.22. The predicted octanol–water partition coefficient (Wildman–Crippen LogP) is 0.961. The van der Waals surface area contributed by atoms with Gasteiger partial charge >= 0.3 is 0 Å². The standard InChI is InChI=1S/C18H20N6O3S2/c1-2-7-23-14-20-21-18(23)28-13-17(25)22-8-10-24(11-9-22)29(26,27)16-6-4-3-5-15(16)12-19/h2-6,14H,1,7-11,13H2. The number of aromatic nitrogens is 3. The van der Waals surface area contributed by atoms with E-state index in [4.69, 9.17) is 0 Å². The molecular weight excluding hydrogens is 412 g/mol. The molecule has 0 N–H and O–H groups in total. The first-order valence-electron chi connectivity index (χ1n) is 8.86. The van der Waals surface area contributed by atoms with E-state index in [-0.39, 0.29) is 35.2 Å². The van der Waals surface area contributed by atoms with Crippen LogP contribution in [0.1, 0.15) is 5.56 Å². The number of hydrogen-bond donors (Lipinski definition) is 0. The van der Waals surface area contributed by atoms with E-state index in [0.717, 1.165) is 0 Å². The lowest BCUT2D eigenvalue weighted by Crippen LogP contribution is -2.51. The van der Waals surface area contributed by atoms with E-state index < -0.39 is 10.0 Å². The van der Waals surface area contributed by atoms with Crippen LogP contribution in [0.25, 0.3) is 0 Å². The SMILES string of the molecule is C=CCn1cnnc1SCC(=O)N1CCN(S(=O)(=O)c2ccccc2C#N)CC1. The van der Waals surface area contributed by atoms with Crippen LogP contribution in [0.15, 0.2) is 53.3 Å². The Morgan fingerprint density at radius 3 is 2.69 bits per heavy atom. The van der Waals surface area contributed by atoms with Crippen LogP contribution in [0.3, 0.4) is 0 Å². The molecule has 1 saturated heterocycles. The number of hydrogen-bond acceptors (Lipinski definition) is 7. The van der Waals surface area contributed by atoms with Crippen LogP contribution < -0.4 is 0 Å². The number of thioether (sulfide) groups is 1. The number of allylic oxidation sites excluding steroid dienone is 1. The number of nitrogens with zero attached hydrogens (tertiary/aromatic N) is 6. The lowest BCUT2D eigenvalue weighted by molar-refractivity contribution is -0.129. The molecule has 0 aliphatic carbocycles. The van der Waals surface area contributed by atoms with E-state index in [1.54, 1.807) is 34.0 Å². The van der Waals surface area contributed by atoms with E-state index in [1.165, 1.54) is 28.2 Å². The van der Waals surface area contributed by atoms with Crippen LogP contribution in [-0.2, 0) is 21.4 Å². The monoisotopic (exact) mass is 432 g/mol. The Hall–Kier alpha value is -2.68. The van der Waals surface area contributed by atoms with Gasteiger partial charge in [-0.15, -0.1) is 16.8 Å². The summed E-state index contributed by atoms with van der Waals surface area (Å²) in [5.74, 6) is 0.109. The van der Waals surface area contributed by atoms with Crippen molar-refractivity contribution in [2.75, 3.05) is 31.9 Å². The highest BCUT2D eigenvalue weighted by Gasteiger charge is 2.31. The van der Waals surface area contributed by atoms with Gasteiger partial charge in [0, 0.05) is 32.7 Å². The third-order valence-electron chi connectivity index (χ3n) is 4.45. The first-order valence-corrected chi connectivity index (χ1v) is 11.3. The molecule has 0 atom stereocenters. The quantitative estimate of drug-likeness (QED) is 0.473. The summed E-state index contributed by atoms with van der Waals surface area (Å²) in [6.07, 6.45) is 3.30. The molecule has 1 aromatic carbocycles. The second-order valence-corrected chi connectivity index (χ2v) is 9.08. The minimum atomic E-state index is -3.78. The van der Waals surface area contributed by atoms with Crippen LogP contribution in [0.4, 0.5) is 0 Å². The summed E-state index contributed by atoms with van der Waals surface area (Å²) in [5, 5.41) is 17.6. The molecule has 1 fully saturated rings. The van der Waals surface area contributed by atoms with Crippen molar-refractivity contribution in [2.24, 2.45) is 0 Å². The maximum absolute atomic E-state index is 12.9. The molecule has 11 heteroatoms. The molecule has 152 valence electrons. The molecule has 1 aliphatic heterocycles. The van der Waals surface area contributed by atoms with Crippen molar-refractivity contribution in [3.8, 4) is 6.07 Å². The summed E-state index contributed by atoms with van der Waals surface area (Å²) in [7, 11) is -3.78. The van der Waals surface area contributed by atoms with E-state index in [9.17, 15) is 18.5 Å². The van der Waals surface area contributed by atoms with Gasteiger partial charge in [-0.05, 0) is 12.1 Å². The molecule has 0 bridgehead atoms. The fourth-order valence-electron chi connectivity index (χ4n) is 2.94. The predicted molar refractivity (Wildman–Crippen MR) is 107 cm³/mol. The van der Waals surface area contributed by atoms with Crippen molar-refractivity contribution >= 4 is 27.7 Å². The molecular formula is C18H20N6O3S2. The maximum Gasteiger partial charge on any atom is 0.244 e. The van der Waals surface area contributed by atoms with E-state index in [2.05, 4.69) is 16.8 Å². The maximum atomic E-state index is 12.9. The fourth-order valence-corrected chi connectivity index (χ4v) is 5.33. The first kappa shape index (κ1) is 21.0. The largest absolute Gasteiger partial charge is 0.339 e. The number of piperazine rings is 1. The summed E-state index contributed by atoms with van der Waals surface area (Å²) < 4.78 is 28.8. The van der Waals surface area contributed by atoms with Crippen LogP contribution in [0.5, 0.6) is 0 Å². The van der Waals surface area contributed by atoms with Gasteiger partial charge in [0.25, 0.3) is 0 Å². The second kappa shape index (κ2) is 9.21. The van der Waals surface area contributed by atoms with Gasteiger partial charge in [-0.1, -0.05) is 30.0 Å². The zero-order valence-electron chi connectivity index (χ0n) is 15.6. The Labute approximate surface area is 173 Å². The van der Waals surface area contributed by atoms with Gasteiger partial charge in [-0.25, -0.2) is 8.42 Å². The molecule has 0 unspecified atom stereocenters. The van der Waals surface area contributed by atoms with Gasteiger partial charge in [0.2, 0.25) is 15.9 Å². The number of benzene rings is 1. The zero-order chi connectivity index (χ0) is 20.9. The molecule has 2 aromatic rings. The molecule has 0 saturated carbocycles. The van der Waals surface area contributed by atoms with Gasteiger partial charge in [0.1, 0.15) is 12.4 Å². The van der Waals surface area contributed by atoms with Crippen molar-refractivity contribution < 1.29 is 13.2 Å². The average Bonchev–Trinajstić information content (AvgIpc) is 3.19. The Bertz CT molecular complexity index is 1040. The molecule has 29 heavy (non-hydrogen) atoms. The molecule has 1 aromatic heterocycles. The summed E-state index contributed by atoms with van der Waals surface area (Å²) in [4.78, 5) is 14.1. The van der Waals surface area contributed by atoms with Crippen LogP contribution >= 0.6 is 11.8 Å². The minimum Gasteiger partial charge on any atom is -0.339 e. The van der Waals surface area contributed by atoms with E-state index in [0.29, 0.717) is 24.8 Å². The summed E-state index contributed by atoms with van der Waals surface area (Å²) in [6, 6.07) is 8.05. The highest BCUT2D eigenvalue weighted by molar-refractivity contribution is 7.99. The van der Waals surface area contributed by atoms with E-state index >= 15 is 0 Å². The Kier molecular flexibility index (Phi) is 6.68. The van der Waals surface area contributed by atoms with Crippen LogP contribution in [-0.4, -0.2) is 70.2 Å². The van der Waals surface area contributed by atoms with Crippen LogP contribution in [0.2, 0.25) is 0 Å². The molecule has 9 nitrogen and oxygen atoms in total. The molecule has 2 heterocycles. The number of amides is 1. The Morgan fingerprint density at radius 1 is 1.28 bits per heavy atom. The summed E-state index contributed by atoms with van der Waals surface area (Å²) >= 11 is 1.29. The minimum absolute atomic E-state index is 0.000567. The van der Waals surface area contributed by atoms with Gasteiger partial charge in [0.15, 0.2) is 5.16 Å². The number of carbonyl (C=O) groups excluding carboxylic acids is 1. The first-order chi connectivity index (χ1) is 14.0. The summed E-state index contributed by atoms with van der Waals surface area (Å²) in [5.41, 5.74) is 0.117. The van der Waals surface area contributed by atoms with Crippen molar-refractivity contribution in [2.45, 2.75) is 16.6 Å². The molecule has 0 spiro atoms. The number of rotatable bonds is 7. The van der Waals surface area contributed by atoms with Crippen molar-refractivity contribution in [1.82, 2.24) is 24.0 Å². The van der Waals surface area contributed by atoms with Crippen LogP contribution in [0, 0.1) is 11.3 Å². The third kappa shape index (κ3) is 4.67. The van der Waals surface area contributed by atoms with Crippen molar-refractivity contribution in [3.05, 3.63) is 48.8 Å². The topological polar surface area (TPSA) is 112 Å². The fraction of sp³-hybridized carbons (Fsp3) is 0.333. The number of nitriles is 1. The molecule has 1 amide bonds. The van der Waals surface area contributed by atoms with Gasteiger partial charge in [0.05, 0.1) is 16.2 Å². The number of sulfonamides is 1. The average molecular weight is 433 g/mol. The lowest BCUT2D eigenvalue weighted by atomic mass is 10.2. The van der Waals surface area contributed by atoms with Gasteiger partial charge in [-0.3, -0.25) is 4.79 Å². The molecule has 3 rings (SSSR count). The van der Waals surface area contributed by atoms with Crippen molar-refractivity contribution in [1.29, 1.82) is 5.26 Å². The lowest BCUT2D eigenvalue weighted by Gasteiger charge is -2.34. The zero-order valence-corrected chi connectivity index (χ0v) is 17.3. The van der Waals surface area contributed by atoms with E-state index in [1.807, 2.05) is 6.07 Å². The smallest absolute Gasteiger partial charge is 0.244 e. The second-order valence-electron chi connectivity index (χ2n) is 6.24. The molecule has 1 aliphatic rings. The van der Waals surface area contributed by atoms with Gasteiger partial charge < -0.3 is 9.47 Å².